The quantitative estimate of drug-likeness (QED) is 0.290. The molecule has 11 nitrogen and oxygen atoms in total. The number of hydrogen-bond donors (Lipinski definition) is 1. The van der Waals surface area contributed by atoms with Gasteiger partial charge in [0.25, 0.3) is 0 Å². The minimum absolute atomic E-state index is 0. The van der Waals surface area contributed by atoms with Crippen molar-refractivity contribution in [2.45, 2.75) is 72.5 Å². The number of esters is 2. The molecule has 0 unspecified atom stereocenters. The SMILES string of the molecule is CC1(C)S[C@@H]2[C@H](N)C(=O)N2[C@H]1C(=O)OCOC(=O)[C@@H]1N2C(=O)C[C@H]2S(=O)(=O)C1(C)C.Cl. The standard InChI is InChI=1S/C17H23N3O8S2.ClH/c1-16(2)10(20-12(22)9(18)13(20)29-16)14(23)27-6-28-15(24)11-17(3,4)30(25,26)8-5-7(21)19(8)11;/h8-11,13H,5-6,18H2,1-4H3;1H/t8-,9-,10+,11+,13-;/m1./s1. The molecule has 174 valence electrons. The Hall–Kier alpha value is -1.57. The third-order valence-corrected chi connectivity index (χ3v) is 10.7. The molecule has 14 heteroatoms. The number of nitrogens with two attached hydrogens (primary N) is 1. The fraction of sp³-hybridized carbons (Fsp3) is 0.765. The summed E-state index contributed by atoms with van der Waals surface area (Å²) in [6.45, 7) is 5.55. The predicted octanol–water partition coefficient (Wildman–Crippen LogP) is -1.02. The lowest BCUT2D eigenvalue weighted by atomic mass is 9.96. The molecule has 0 spiro atoms. The first-order valence-electron chi connectivity index (χ1n) is 9.37. The molecule has 0 radical (unpaired) electrons. The van der Waals surface area contributed by atoms with Gasteiger partial charge in [0.05, 0.1) is 11.2 Å². The van der Waals surface area contributed by atoms with Crippen LogP contribution in [0.1, 0.15) is 34.1 Å². The maximum Gasteiger partial charge on any atom is 0.333 e. The Morgan fingerprint density at radius 3 is 2.19 bits per heavy atom. The zero-order valence-electron chi connectivity index (χ0n) is 17.3. The van der Waals surface area contributed by atoms with E-state index in [2.05, 4.69) is 0 Å². The largest absolute Gasteiger partial charge is 0.426 e. The summed E-state index contributed by atoms with van der Waals surface area (Å²) < 4.78 is 33.0. The van der Waals surface area contributed by atoms with Gasteiger partial charge < -0.3 is 25.0 Å². The Labute approximate surface area is 189 Å². The van der Waals surface area contributed by atoms with Crippen molar-refractivity contribution in [1.29, 1.82) is 0 Å². The van der Waals surface area contributed by atoms with Crippen molar-refractivity contribution in [3.63, 3.8) is 0 Å². The van der Waals surface area contributed by atoms with Crippen LogP contribution in [-0.2, 0) is 38.5 Å². The van der Waals surface area contributed by atoms with E-state index in [0.29, 0.717) is 0 Å². The molecule has 2 N–H and O–H groups in total. The van der Waals surface area contributed by atoms with Gasteiger partial charge in [-0.1, -0.05) is 0 Å². The van der Waals surface area contributed by atoms with Crippen LogP contribution in [0.3, 0.4) is 0 Å². The van der Waals surface area contributed by atoms with Crippen LogP contribution in [-0.4, -0.2) is 87.1 Å². The summed E-state index contributed by atoms with van der Waals surface area (Å²) in [6.07, 6.45) is -0.161. The summed E-state index contributed by atoms with van der Waals surface area (Å²) in [6, 6.07) is -2.87. The molecule has 0 aromatic carbocycles. The Balaban J connectivity index is 0.00000272. The van der Waals surface area contributed by atoms with Gasteiger partial charge in [0.2, 0.25) is 18.6 Å². The van der Waals surface area contributed by atoms with Gasteiger partial charge in [0, 0.05) is 4.75 Å². The second kappa shape index (κ2) is 7.22. The van der Waals surface area contributed by atoms with Crippen molar-refractivity contribution in [3.8, 4) is 0 Å². The topological polar surface area (TPSA) is 153 Å². The van der Waals surface area contributed by atoms with E-state index in [1.807, 2.05) is 0 Å². The molecule has 0 aromatic heterocycles. The predicted molar refractivity (Wildman–Crippen MR) is 110 cm³/mol. The van der Waals surface area contributed by atoms with E-state index in [0.717, 1.165) is 4.90 Å². The van der Waals surface area contributed by atoms with Crippen LogP contribution in [0.4, 0.5) is 0 Å². The van der Waals surface area contributed by atoms with Crippen molar-refractivity contribution in [2.75, 3.05) is 6.79 Å². The van der Waals surface area contributed by atoms with E-state index in [1.54, 1.807) is 13.8 Å². The average Bonchev–Trinajstić information content (AvgIpc) is 2.97. The third-order valence-electron chi connectivity index (χ3n) is 6.31. The lowest BCUT2D eigenvalue weighted by Crippen LogP contribution is -2.68. The number of ether oxygens (including phenoxy) is 2. The molecule has 4 rings (SSSR count). The number of fused-ring (bicyclic) bond motifs is 2. The molecule has 4 saturated heterocycles. The zero-order valence-corrected chi connectivity index (χ0v) is 19.7. The monoisotopic (exact) mass is 497 g/mol. The maximum atomic E-state index is 12.6. The van der Waals surface area contributed by atoms with Gasteiger partial charge in [-0.25, -0.2) is 18.0 Å². The summed E-state index contributed by atoms with van der Waals surface area (Å²) in [5.74, 6) is -2.51. The lowest BCUT2D eigenvalue weighted by molar-refractivity contribution is -0.181. The Morgan fingerprint density at radius 1 is 1.10 bits per heavy atom. The molecule has 4 heterocycles. The van der Waals surface area contributed by atoms with E-state index >= 15 is 0 Å². The summed E-state index contributed by atoms with van der Waals surface area (Å²) in [5.41, 5.74) is 5.77. The van der Waals surface area contributed by atoms with E-state index in [-0.39, 0.29) is 30.1 Å². The summed E-state index contributed by atoms with van der Waals surface area (Å²) in [7, 11) is -3.74. The van der Waals surface area contributed by atoms with Gasteiger partial charge in [-0.3, -0.25) is 9.59 Å². The number of rotatable bonds is 4. The number of sulfone groups is 1. The van der Waals surface area contributed by atoms with Gasteiger partial charge in [0.1, 0.15) is 28.9 Å². The highest BCUT2D eigenvalue weighted by molar-refractivity contribution is 8.01. The van der Waals surface area contributed by atoms with Gasteiger partial charge in [-0.15, -0.1) is 24.2 Å². The van der Waals surface area contributed by atoms with Crippen LogP contribution < -0.4 is 5.73 Å². The molecular formula is C17H24ClN3O8S2. The average molecular weight is 498 g/mol. The van der Waals surface area contributed by atoms with Crippen molar-refractivity contribution in [3.05, 3.63) is 0 Å². The number of nitrogens with zero attached hydrogens (tertiary/aromatic N) is 2. The van der Waals surface area contributed by atoms with Crippen LogP contribution in [0.2, 0.25) is 0 Å². The highest BCUT2D eigenvalue weighted by Crippen LogP contribution is 2.50. The van der Waals surface area contributed by atoms with Gasteiger partial charge in [0.15, 0.2) is 9.84 Å². The second-order valence-corrected chi connectivity index (χ2v) is 13.3. The molecule has 0 bridgehead atoms. The van der Waals surface area contributed by atoms with Crippen LogP contribution in [0, 0.1) is 0 Å². The van der Waals surface area contributed by atoms with Crippen LogP contribution >= 0.6 is 24.2 Å². The first-order chi connectivity index (χ1) is 13.7. The molecular weight excluding hydrogens is 474 g/mol. The first kappa shape index (κ1) is 24.1. The van der Waals surface area contributed by atoms with Crippen molar-refractivity contribution in [2.24, 2.45) is 5.73 Å². The van der Waals surface area contributed by atoms with Crippen molar-refractivity contribution < 1.29 is 37.1 Å². The van der Waals surface area contributed by atoms with E-state index in [1.165, 1.54) is 30.5 Å². The number of carbonyl (C=O) groups is 4. The lowest BCUT2D eigenvalue weighted by Gasteiger charge is -2.41. The maximum absolute atomic E-state index is 12.6. The minimum atomic E-state index is -3.74. The van der Waals surface area contributed by atoms with Gasteiger partial charge in [-0.05, 0) is 27.7 Å². The zero-order chi connectivity index (χ0) is 22.4. The van der Waals surface area contributed by atoms with E-state index < -0.39 is 67.5 Å². The number of amides is 2. The van der Waals surface area contributed by atoms with Crippen LogP contribution in [0.15, 0.2) is 0 Å². The van der Waals surface area contributed by atoms with Gasteiger partial charge in [-0.2, -0.15) is 0 Å². The Bertz CT molecular complexity index is 968. The Morgan fingerprint density at radius 2 is 1.65 bits per heavy atom. The number of thioether (sulfide) groups is 1. The number of halogens is 1. The van der Waals surface area contributed by atoms with Gasteiger partial charge >= 0.3 is 11.9 Å². The molecule has 0 aromatic rings. The molecule has 0 aliphatic carbocycles. The number of hydrogen-bond acceptors (Lipinski definition) is 10. The fourth-order valence-corrected chi connectivity index (χ4v) is 8.22. The highest BCUT2D eigenvalue weighted by atomic mass is 35.5. The van der Waals surface area contributed by atoms with Crippen molar-refractivity contribution >= 4 is 57.8 Å². The molecule has 4 fully saturated rings. The summed E-state index contributed by atoms with van der Waals surface area (Å²) in [4.78, 5) is 51.5. The second-order valence-electron chi connectivity index (χ2n) is 8.84. The van der Waals surface area contributed by atoms with E-state index in [4.69, 9.17) is 15.2 Å². The molecule has 2 amide bonds. The summed E-state index contributed by atoms with van der Waals surface area (Å²) in [5, 5.41) is -1.35. The number of carbonyl (C=O) groups excluding carboxylic acids is 4. The molecule has 4 aliphatic heterocycles. The normalized spacial score (nSPS) is 35.8. The van der Waals surface area contributed by atoms with Crippen molar-refractivity contribution in [1.82, 2.24) is 9.80 Å². The highest BCUT2D eigenvalue weighted by Gasteiger charge is 2.68. The van der Waals surface area contributed by atoms with Crippen LogP contribution in [0.5, 0.6) is 0 Å². The fourth-order valence-electron chi connectivity index (χ4n) is 4.54. The molecule has 31 heavy (non-hydrogen) atoms. The van der Waals surface area contributed by atoms with Crippen LogP contribution in [0.25, 0.3) is 0 Å². The number of β-lactam (4-membered cyclic amide) rings is 2. The smallest absolute Gasteiger partial charge is 0.333 e. The molecule has 4 aliphatic rings. The summed E-state index contributed by atoms with van der Waals surface area (Å²) >= 11 is 1.39. The Kier molecular flexibility index (Phi) is 5.61. The minimum Gasteiger partial charge on any atom is -0.426 e. The van der Waals surface area contributed by atoms with E-state index in [9.17, 15) is 27.6 Å². The molecule has 0 saturated carbocycles. The first-order valence-corrected chi connectivity index (χ1v) is 11.8. The molecule has 5 atom stereocenters. The third kappa shape index (κ3) is 3.07.